The van der Waals surface area contributed by atoms with E-state index in [9.17, 15) is 14.7 Å². The Labute approximate surface area is 207 Å². The monoisotopic (exact) mass is 493 g/mol. The van der Waals surface area contributed by atoms with Crippen molar-refractivity contribution in [1.29, 1.82) is 0 Å². The SMILES string of the molecule is Cc1nc(-c2ccccc2)sc1C(=O)C1=C(O)C(=O)N(CCCN2CCOCC2)[C@H]1c1ccco1. The number of nitrogens with zero attached hydrogens (tertiary/aromatic N) is 3. The summed E-state index contributed by atoms with van der Waals surface area (Å²) in [5.74, 6) is -1.02. The van der Waals surface area contributed by atoms with Gasteiger partial charge in [0.1, 0.15) is 16.8 Å². The van der Waals surface area contributed by atoms with E-state index in [1.54, 1.807) is 19.1 Å². The molecule has 0 aliphatic carbocycles. The number of aliphatic hydroxyl groups is 1. The number of carbonyl (C=O) groups excluding carboxylic acids is 2. The number of amides is 1. The van der Waals surface area contributed by atoms with Crippen LogP contribution < -0.4 is 0 Å². The van der Waals surface area contributed by atoms with Crippen LogP contribution in [0, 0.1) is 6.92 Å². The molecule has 0 spiro atoms. The van der Waals surface area contributed by atoms with Gasteiger partial charge in [0, 0.05) is 31.7 Å². The summed E-state index contributed by atoms with van der Waals surface area (Å²) in [6.45, 7) is 6.09. The normalized spacial score (nSPS) is 19.1. The van der Waals surface area contributed by atoms with E-state index in [2.05, 4.69) is 9.88 Å². The summed E-state index contributed by atoms with van der Waals surface area (Å²) in [4.78, 5) is 35.7. The van der Waals surface area contributed by atoms with Crippen molar-refractivity contribution in [3.8, 4) is 10.6 Å². The van der Waals surface area contributed by atoms with Gasteiger partial charge in [0.2, 0.25) is 5.78 Å². The van der Waals surface area contributed by atoms with Crippen molar-refractivity contribution in [3.05, 3.63) is 76.4 Å². The minimum absolute atomic E-state index is 0.0442. The van der Waals surface area contributed by atoms with Crippen molar-refractivity contribution in [2.24, 2.45) is 0 Å². The molecular formula is C26H27N3O5S. The Kier molecular flexibility index (Phi) is 6.81. The summed E-state index contributed by atoms with van der Waals surface area (Å²) in [5, 5.41) is 11.6. The van der Waals surface area contributed by atoms with Crippen LogP contribution in [0.25, 0.3) is 10.6 Å². The number of ketones is 1. The minimum atomic E-state index is -0.781. The number of thiazole rings is 1. The van der Waals surface area contributed by atoms with Crippen LogP contribution in [0.5, 0.6) is 0 Å². The van der Waals surface area contributed by atoms with Gasteiger partial charge >= 0.3 is 0 Å². The second-order valence-corrected chi connectivity index (χ2v) is 9.61. The number of benzene rings is 1. The van der Waals surface area contributed by atoms with Crippen LogP contribution in [-0.2, 0) is 9.53 Å². The van der Waals surface area contributed by atoms with Gasteiger partial charge in [-0.15, -0.1) is 11.3 Å². The van der Waals surface area contributed by atoms with E-state index in [0.717, 1.165) is 25.2 Å². The Balaban J connectivity index is 1.41. The summed E-state index contributed by atoms with van der Waals surface area (Å²) in [6.07, 6.45) is 2.21. The number of aryl methyl sites for hydroxylation is 1. The van der Waals surface area contributed by atoms with Gasteiger partial charge in [-0.05, 0) is 25.5 Å². The standard InChI is InChI=1S/C26H27N3O5S/c1-17-24(35-25(27-17)18-7-3-2-4-8-18)22(30)20-21(19-9-5-14-34-19)29(26(32)23(20)31)11-6-10-28-12-15-33-16-13-28/h2-5,7-9,14,21,31H,6,10-13,15-16H2,1H3/t21-/m0/s1. The van der Waals surface area contributed by atoms with Gasteiger partial charge in [0.15, 0.2) is 5.76 Å². The molecule has 2 aromatic heterocycles. The molecule has 9 heteroatoms. The largest absolute Gasteiger partial charge is 0.503 e. The predicted octanol–water partition coefficient (Wildman–Crippen LogP) is 4.01. The van der Waals surface area contributed by atoms with E-state index in [0.29, 0.717) is 47.5 Å². The summed E-state index contributed by atoms with van der Waals surface area (Å²) in [7, 11) is 0. The highest BCUT2D eigenvalue weighted by molar-refractivity contribution is 7.17. The number of hydrogen-bond donors (Lipinski definition) is 1. The Hall–Kier alpha value is -3.27. The van der Waals surface area contributed by atoms with Crippen LogP contribution in [0.4, 0.5) is 0 Å². The van der Waals surface area contributed by atoms with E-state index in [1.165, 1.54) is 22.5 Å². The number of carbonyl (C=O) groups is 2. The van der Waals surface area contributed by atoms with Gasteiger partial charge in [-0.2, -0.15) is 0 Å². The molecule has 3 aromatic rings. The lowest BCUT2D eigenvalue weighted by Gasteiger charge is -2.29. The zero-order valence-electron chi connectivity index (χ0n) is 19.5. The van der Waals surface area contributed by atoms with Crippen molar-refractivity contribution < 1.29 is 23.8 Å². The number of furan rings is 1. The molecule has 8 nitrogen and oxygen atoms in total. The van der Waals surface area contributed by atoms with Crippen LogP contribution in [0.1, 0.15) is 33.6 Å². The number of ether oxygens (including phenoxy) is 1. The smallest absolute Gasteiger partial charge is 0.290 e. The lowest BCUT2D eigenvalue weighted by Crippen LogP contribution is -2.39. The molecule has 182 valence electrons. The van der Waals surface area contributed by atoms with Crippen LogP contribution >= 0.6 is 11.3 Å². The topological polar surface area (TPSA) is 96.1 Å². The molecular weight excluding hydrogens is 466 g/mol. The molecule has 1 N–H and O–H groups in total. The molecule has 1 atom stereocenters. The quantitative estimate of drug-likeness (QED) is 0.474. The Morgan fingerprint density at radius 1 is 1.14 bits per heavy atom. The van der Waals surface area contributed by atoms with E-state index in [4.69, 9.17) is 9.15 Å². The number of aromatic nitrogens is 1. The lowest BCUT2D eigenvalue weighted by molar-refractivity contribution is -0.129. The molecule has 5 rings (SSSR count). The van der Waals surface area contributed by atoms with E-state index in [1.807, 2.05) is 30.3 Å². The van der Waals surface area contributed by atoms with E-state index in [-0.39, 0.29) is 5.57 Å². The lowest BCUT2D eigenvalue weighted by atomic mass is 9.99. The maximum atomic E-state index is 13.8. The zero-order valence-corrected chi connectivity index (χ0v) is 20.3. The molecule has 0 bridgehead atoms. The van der Waals surface area contributed by atoms with Gasteiger partial charge in [0.25, 0.3) is 5.91 Å². The number of Topliss-reactive ketones (excluding diaryl/α,β-unsaturated/α-hetero) is 1. The first kappa shape index (κ1) is 23.5. The molecule has 0 unspecified atom stereocenters. The molecule has 2 aliphatic heterocycles. The first-order valence-corrected chi connectivity index (χ1v) is 12.5. The molecule has 1 aromatic carbocycles. The van der Waals surface area contributed by atoms with E-state index >= 15 is 0 Å². The Bertz CT molecular complexity index is 1230. The number of hydrogen-bond acceptors (Lipinski definition) is 8. The third kappa shape index (κ3) is 4.67. The first-order valence-electron chi connectivity index (χ1n) is 11.7. The Morgan fingerprint density at radius 2 is 1.91 bits per heavy atom. The fraction of sp³-hybridized carbons (Fsp3) is 0.346. The van der Waals surface area contributed by atoms with Crippen LogP contribution in [0.2, 0.25) is 0 Å². The number of morpholine rings is 1. The summed E-state index contributed by atoms with van der Waals surface area (Å²) in [6, 6.07) is 12.3. The zero-order chi connectivity index (χ0) is 24.4. The van der Waals surface area contributed by atoms with E-state index < -0.39 is 23.5 Å². The highest BCUT2D eigenvalue weighted by Gasteiger charge is 2.45. The van der Waals surface area contributed by atoms with Crippen LogP contribution in [-0.4, -0.2) is 71.0 Å². The van der Waals surface area contributed by atoms with Gasteiger partial charge < -0.3 is 19.2 Å². The third-order valence-corrected chi connectivity index (χ3v) is 7.57. The summed E-state index contributed by atoms with van der Waals surface area (Å²) < 4.78 is 11.0. The van der Waals surface area contributed by atoms with Crippen molar-refractivity contribution in [3.63, 3.8) is 0 Å². The van der Waals surface area contributed by atoms with Gasteiger partial charge in [0.05, 0.1) is 35.6 Å². The number of rotatable bonds is 8. The molecule has 2 aliphatic rings. The second kappa shape index (κ2) is 10.2. The van der Waals surface area contributed by atoms with Crippen molar-refractivity contribution in [1.82, 2.24) is 14.8 Å². The van der Waals surface area contributed by atoms with Gasteiger partial charge in [-0.1, -0.05) is 30.3 Å². The molecule has 0 saturated carbocycles. The van der Waals surface area contributed by atoms with Crippen molar-refractivity contribution >= 4 is 23.0 Å². The molecule has 1 saturated heterocycles. The second-order valence-electron chi connectivity index (χ2n) is 8.62. The van der Waals surface area contributed by atoms with Crippen molar-refractivity contribution in [2.45, 2.75) is 19.4 Å². The highest BCUT2D eigenvalue weighted by atomic mass is 32.1. The molecule has 35 heavy (non-hydrogen) atoms. The van der Waals surface area contributed by atoms with Crippen molar-refractivity contribution in [2.75, 3.05) is 39.4 Å². The van der Waals surface area contributed by atoms with Crippen LogP contribution in [0.15, 0.2) is 64.5 Å². The first-order chi connectivity index (χ1) is 17.0. The molecule has 1 fully saturated rings. The fourth-order valence-corrected chi connectivity index (χ4v) is 5.61. The van der Waals surface area contributed by atoms with Gasteiger partial charge in [-0.25, -0.2) is 4.98 Å². The van der Waals surface area contributed by atoms with Crippen LogP contribution in [0.3, 0.4) is 0 Å². The van der Waals surface area contributed by atoms with Gasteiger partial charge in [-0.3, -0.25) is 14.5 Å². The highest BCUT2D eigenvalue weighted by Crippen LogP contribution is 2.41. The summed E-state index contributed by atoms with van der Waals surface area (Å²) in [5.41, 5.74) is 1.52. The summed E-state index contributed by atoms with van der Waals surface area (Å²) >= 11 is 1.26. The fourth-order valence-electron chi connectivity index (χ4n) is 4.58. The average molecular weight is 494 g/mol. The predicted molar refractivity (Wildman–Crippen MR) is 131 cm³/mol. The Morgan fingerprint density at radius 3 is 2.63 bits per heavy atom. The maximum Gasteiger partial charge on any atom is 0.290 e. The maximum absolute atomic E-state index is 13.8. The third-order valence-electron chi connectivity index (χ3n) is 6.36. The molecule has 4 heterocycles. The molecule has 0 radical (unpaired) electrons. The number of aliphatic hydroxyl groups excluding tert-OH is 1. The average Bonchev–Trinajstić information content (AvgIpc) is 3.60. The minimum Gasteiger partial charge on any atom is -0.503 e. The molecule has 1 amide bonds.